The molecule has 26 heavy (non-hydrogen) atoms. The maximum Gasteiger partial charge on any atom is 0.338 e. The Morgan fingerprint density at radius 3 is 2.35 bits per heavy atom. The molecule has 0 spiro atoms. The lowest BCUT2D eigenvalue weighted by molar-refractivity contribution is 0.0526. The Morgan fingerprint density at radius 1 is 1.08 bits per heavy atom. The van der Waals surface area contributed by atoms with Gasteiger partial charge >= 0.3 is 12.0 Å². The van der Waals surface area contributed by atoms with E-state index < -0.39 is 0 Å². The Hall–Kier alpha value is -2.24. The SMILES string of the molecule is CCOC(=O)c1ccc(N2CCC(CNC(=O)N3CCCC3)CC2)cc1. The zero-order chi connectivity index (χ0) is 18.4. The van der Waals surface area contributed by atoms with Gasteiger partial charge in [-0.3, -0.25) is 0 Å². The molecule has 6 nitrogen and oxygen atoms in total. The third-order valence-corrected chi connectivity index (χ3v) is 5.29. The van der Waals surface area contributed by atoms with E-state index >= 15 is 0 Å². The summed E-state index contributed by atoms with van der Waals surface area (Å²) in [5.41, 5.74) is 1.73. The summed E-state index contributed by atoms with van der Waals surface area (Å²) in [6, 6.07) is 7.73. The van der Waals surface area contributed by atoms with E-state index in [1.165, 1.54) is 0 Å². The molecule has 2 fully saturated rings. The molecule has 1 aromatic carbocycles. The van der Waals surface area contributed by atoms with Crippen molar-refractivity contribution in [3.8, 4) is 0 Å². The first-order chi connectivity index (χ1) is 12.7. The number of hydrogen-bond donors (Lipinski definition) is 1. The van der Waals surface area contributed by atoms with E-state index in [2.05, 4.69) is 10.2 Å². The van der Waals surface area contributed by atoms with Crippen molar-refractivity contribution >= 4 is 17.7 Å². The van der Waals surface area contributed by atoms with E-state index in [1.54, 1.807) is 0 Å². The molecule has 1 N–H and O–H groups in total. The first-order valence-electron chi connectivity index (χ1n) is 9.72. The quantitative estimate of drug-likeness (QED) is 0.821. The van der Waals surface area contributed by atoms with Crippen molar-refractivity contribution in [2.24, 2.45) is 5.92 Å². The van der Waals surface area contributed by atoms with E-state index in [4.69, 9.17) is 4.74 Å². The van der Waals surface area contributed by atoms with Gasteiger partial charge < -0.3 is 19.9 Å². The number of urea groups is 1. The highest BCUT2D eigenvalue weighted by Gasteiger charge is 2.22. The minimum absolute atomic E-state index is 0.0967. The standard InChI is InChI=1S/C20H29N3O3/c1-2-26-19(24)17-5-7-18(8-6-17)22-13-9-16(10-14-22)15-21-20(25)23-11-3-4-12-23/h5-8,16H,2-4,9-15H2,1H3,(H,21,25). The molecular weight excluding hydrogens is 330 g/mol. The predicted octanol–water partition coefficient (Wildman–Crippen LogP) is 2.89. The molecule has 142 valence electrons. The summed E-state index contributed by atoms with van der Waals surface area (Å²) in [7, 11) is 0. The number of likely N-dealkylation sites (tertiary alicyclic amines) is 1. The number of benzene rings is 1. The number of carbonyl (C=O) groups is 2. The van der Waals surface area contributed by atoms with Gasteiger partial charge in [0.1, 0.15) is 0 Å². The molecule has 1 aromatic rings. The molecule has 2 aliphatic heterocycles. The van der Waals surface area contributed by atoms with Crippen molar-refractivity contribution in [3.05, 3.63) is 29.8 Å². The lowest BCUT2D eigenvalue weighted by Gasteiger charge is -2.34. The lowest BCUT2D eigenvalue weighted by atomic mass is 9.96. The van der Waals surface area contributed by atoms with Gasteiger partial charge in [-0.2, -0.15) is 0 Å². The number of rotatable bonds is 5. The summed E-state index contributed by atoms with van der Waals surface area (Å²) in [6.45, 7) is 6.71. The minimum atomic E-state index is -0.272. The van der Waals surface area contributed by atoms with Crippen LogP contribution in [0.15, 0.2) is 24.3 Å². The summed E-state index contributed by atoms with van der Waals surface area (Å²) in [6.07, 6.45) is 4.39. The van der Waals surface area contributed by atoms with Crippen LogP contribution in [0.1, 0.15) is 43.0 Å². The summed E-state index contributed by atoms with van der Waals surface area (Å²) in [5, 5.41) is 3.10. The second-order valence-electron chi connectivity index (χ2n) is 7.08. The maximum absolute atomic E-state index is 12.1. The molecule has 0 radical (unpaired) electrons. The summed E-state index contributed by atoms with van der Waals surface area (Å²) in [5.74, 6) is 0.267. The number of amides is 2. The molecular formula is C20H29N3O3. The van der Waals surface area contributed by atoms with Gasteiger partial charge in [-0.15, -0.1) is 0 Å². The topological polar surface area (TPSA) is 61.9 Å². The van der Waals surface area contributed by atoms with Crippen LogP contribution in [0.4, 0.5) is 10.5 Å². The second kappa shape index (κ2) is 8.92. The summed E-state index contributed by atoms with van der Waals surface area (Å²) in [4.78, 5) is 28.1. The van der Waals surface area contributed by atoms with Crippen molar-refractivity contribution in [1.29, 1.82) is 0 Å². The largest absolute Gasteiger partial charge is 0.462 e. The highest BCUT2D eigenvalue weighted by molar-refractivity contribution is 5.89. The summed E-state index contributed by atoms with van der Waals surface area (Å²) < 4.78 is 5.02. The van der Waals surface area contributed by atoms with Crippen molar-refractivity contribution in [3.63, 3.8) is 0 Å². The Labute approximate surface area is 155 Å². The molecule has 0 saturated carbocycles. The first kappa shape index (κ1) is 18.5. The van der Waals surface area contributed by atoms with Gasteiger partial charge in [-0.05, 0) is 62.8 Å². The zero-order valence-electron chi connectivity index (χ0n) is 15.6. The highest BCUT2D eigenvalue weighted by Crippen LogP contribution is 2.23. The fourth-order valence-corrected chi connectivity index (χ4v) is 3.68. The number of piperidine rings is 1. The van der Waals surface area contributed by atoms with Crippen LogP contribution in [0.2, 0.25) is 0 Å². The van der Waals surface area contributed by atoms with Gasteiger partial charge in [0.2, 0.25) is 0 Å². The van der Waals surface area contributed by atoms with Crippen LogP contribution in [0, 0.1) is 5.92 Å². The molecule has 2 heterocycles. The van der Waals surface area contributed by atoms with E-state index in [9.17, 15) is 9.59 Å². The number of esters is 1. The van der Waals surface area contributed by atoms with Crippen molar-refractivity contribution < 1.29 is 14.3 Å². The Balaban J connectivity index is 1.43. The zero-order valence-corrected chi connectivity index (χ0v) is 15.6. The molecule has 0 atom stereocenters. The average molecular weight is 359 g/mol. The van der Waals surface area contributed by atoms with E-state index in [-0.39, 0.29) is 12.0 Å². The van der Waals surface area contributed by atoms with Crippen LogP contribution in [0.25, 0.3) is 0 Å². The highest BCUT2D eigenvalue weighted by atomic mass is 16.5. The third-order valence-electron chi connectivity index (χ3n) is 5.29. The van der Waals surface area contributed by atoms with Gasteiger partial charge in [-0.25, -0.2) is 9.59 Å². The van der Waals surface area contributed by atoms with E-state index in [0.717, 1.165) is 64.1 Å². The minimum Gasteiger partial charge on any atom is -0.462 e. The van der Waals surface area contributed by atoms with Crippen LogP contribution in [0.3, 0.4) is 0 Å². The number of ether oxygens (including phenoxy) is 1. The van der Waals surface area contributed by atoms with Crippen molar-refractivity contribution in [2.75, 3.05) is 44.2 Å². The van der Waals surface area contributed by atoms with Crippen molar-refractivity contribution in [2.45, 2.75) is 32.6 Å². The number of anilines is 1. The molecule has 0 bridgehead atoms. The molecule has 2 amide bonds. The van der Waals surface area contributed by atoms with E-state index in [0.29, 0.717) is 18.1 Å². The molecule has 0 unspecified atom stereocenters. The smallest absolute Gasteiger partial charge is 0.338 e. The van der Waals surface area contributed by atoms with Crippen LogP contribution in [-0.2, 0) is 4.74 Å². The Morgan fingerprint density at radius 2 is 1.73 bits per heavy atom. The predicted molar refractivity (Wildman–Crippen MR) is 102 cm³/mol. The number of carbonyl (C=O) groups excluding carboxylic acids is 2. The van der Waals surface area contributed by atoms with Crippen LogP contribution >= 0.6 is 0 Å². The Kier molecular flexibility index (Phi) is 6.36. The first-order valence-corrected chi connectivity index (χ1v) is 9.72. The fourth-order valence-electron chi connectivity index (χ4n) is 3.68. The van der Waals surface area contributed by atoms with Crippen LogP contribution in [-0.4, -0.2) is 56.2 Å². The normalized spacial score (nSPS) is 18.0. The maximum atomic E-state index is 12.1. The Bertz CT molecular complexity index is 603. The lowest BCUT2D eigenvalue weighted by Crippen LogP contribution is -2.43. The fraction of sp³-hybridized carbons (Fsp3) is 0.600. The molecule has 6 heteroatoms. The van der Waals surface area contributed by atoms with Crippen LogP contribution < -0.4 is 10.2 Å². The van der Waals surface area contributed by atoms with E-state index in [1.807, 2.05) is 36.1 Å². The number of nitrogens with zero attached hydrogens (tertiary/aromatic N) is 2. The summed E-state index contributed by atoms with van der Waals surface area (Å²) >= 11 is 0. The second-order valence-corrected chi connectivity index (χ2v) is 7.08. The molecule has 2 aliphatic rings. The molecule has 0 aliphatic carbocycles. The number of hydrogen-bond acceptors (Lipinski definition) is 4. The van der Waals surface area contributed by atoms with Crippen LogP contribution in [0.5, 0.6) is 0 Å². The van der Waals surface area contributed by atoms with Gasteiger partial charge in [0.25, 0.3) is 0 Å². The average Bonchev–Trinajstić information content (AvgIpc) is 3.22. The number of nitrogens with one attached hydrogen (secondary N) is 1. The molecule has 2 saturated heterocycles. The van der Waals surface area contributed by atoms with Gasteiger partial charge in [0.15, 0.2) is 0 Å². The molecule has 3 rings (SSSR count). The molecule has 0 aromatic heterocycles. The van der Waals surface area contributed by atoms with Gasteiger partial charge in [0.05, 0.1) is 12.2 Å². The van der Waals surface area contributed by atoms with Crippen molar-refractivity contribution in [1.82, 2.24) is 10.2 Å². The van der Waals surface area contributed by atoms with Gasteiger partial charge in [0, 0.05) is 38.4 Å². The third kappa shape index (κ3) is 4.68. The van der Waals surface area contributed by atoms with Gasteiger partial charge in [-0.1, -0.05) is 0 Å². The monoisotopic (exact) mass is 359 g/mol.